The number of rotatable bonds is 10. The first-order chi connectivity index (χ1) is 15.3. The second-order valence-electron chi connectivity index (χ2n) is 7.70. The Morgan fingerprint density at radius 3 is 2.72 bits per heavy atom. The van der Waals surface area contributed by atoms with Gasteiger partial charge in [-0.1, -0.05) is 26.0 Å². The summed E-state index contributed by atoms with van der Waals surface area (Å²) in [6.07, 6.45) is 0.667. The Hall–Kier alpha value is -2.72. The molecule has 1 heterocycles. The number of nitrogens with zero attached hydrogens (tertiary/aromatic N) is 1. The molecule has 2 amide bonds. The number of hydrogen-bond acceptors (Lipinski definition) is 7. The maximum atomic E-state index is 12.9. The molecule has 0 bridgehead atoms. The Balaban J connectivity index is 2.03. The fraction of sp³-hybridized carbons (Fsp3) is 0.545. The smallest absolute Gasteiger partial charge is 0.308 e. The molecule has 9 nitrogen and oxygen atoms in total. The molecule has 0 radical (unpaired) electrons. The van der Waals surface area contributed by atoms with Gasteiger partial charge in [0.05, 0.1) is 25.2 Å². The summed E-state index contributed by atoms with van der Waals surface area (Å²) in [5.74, 6) is -0.404. The fourth-order valence-corrected chi connectivity index (χ4v) is 3.35. The lowest BCUT2D eigenvalue weighted by atomic mass is 10.1. The summed E-state index contributed by atoms with van der Waals surface area (Å²) in [5, 5.41) is 5.44. The molecule has 32 heavy (non-hydrogen) atoms. The van der Waals surface area contributed by atoms with Crippen molar-refractivity contribution < 1.29 is 28.6 Å². The van der Waals surface area contributed by atoms with Crippen molar-refractivity contribution in [2.75, 3.05) is 40.0 Å². The number of hydrogen-bond donors (Lipinski definition) is 2. The number of piperazine rings is 1. The van der Waals surface area contributed by atoms with Crippen LogP contribution >= 0.6 is 12.2 Å². The summed E-state index contributed by atoms with van der Waals surface area (Å²) in [6, 6.07) is 6.03. The van der Waals surface area contributed by atoms with E-state index in [9.17, 15) is 14.4 Å². The van der Waals surface area contributed by atoms with Gasteiger partial charge in [0.1, 0.15) is 18.4 Å². The van der Waals surface area contributed by atoms with Crippen molar-refractivity contribution in [3.8, 4) is 5.75 Å². The molecule has 1 aliphatic rings. The van der Waals surface area contributed by atoms with Gasteiger partial charge < -0.3 is 24.4 Å². The topological polar surface area (TPSA) is 106 Å². The monoisotopic (exact) mass is 465 g/mol. The van der Waals surface area contributed by atoms with Crippen LogP contribution in [0.15, 0.2) is 24.3 Å². The van der Waals surface area contributed by atoms with Crippen LogP contribution in [0.3, 0.4) is 0 Å². The van der Waals surface area contributed by atoms with Gasteiger partial charge >= 0.3 is 5.97 Å². The standard InChI is InChI=1S/C22H31N3O6S/c1-15(2)8-11-30-18-7-5-4-6-16(18)20(27)24-22(32)25-10-9-23-21(28)17(25)14-19(26)31-13-12-29-3/h4-7,15,17H,8-14H2,1-3H3,(H,23,28)(H,24,27,32). The lowest BCUT2D eigenvalue weighted by Crippen LogP contribution is -2.60. The van der Waals surface area contributed by atoms with E-state index in [0.717, 1.165) is 6.42 Å². The van der Waals surface area contributed by atoms with Gasteiger partial charge in [-0.15, -0.1) is 0 Å². The molecule has 0 saturated carbocycles. The molecule has 0 aliphatic carbocycles. The highest BCUT2D eigenvalue weighted by Crippen LogP contribution is 2.19. The molecule has 2 N–H and O–H groups in total. The Morgan fingerprint density at radius 2 is 2.00 bits per heavy atom. The van der Waals surface area contributed by atoms with Gasteiger partial charge in [0, 0.05) is 20.2 Å². The molecule has 1 unspecified atom stereocenters. The van der Waals surface area contributed by atoms with Crippen LogP contribution in [0.1, 0.15) is 37.0 Å². The zero-order valence-electron chi connectivity index (χ0n) is 18.7. The highest BCUT2D eigenvalue weighted by Gasteiger charge is 2.34. The summed E-state index contributed by atoms with van der Waals surface area (Å²) in [5.41, 5.74) is 0.343. The van der Waals surface area contributed by atoms with Crippen molar-refractivity contribution in [1.29, 1.82) is 0 Å². The van der Waals surface area contributed by atoms with E-state index in [0.29, 0.717) is 36.9 Å². The lowest BCUT2D eigenvalue weighted by Gasteiger charge is -2.36. The molecule has 1 fully saturated rings. The number of nitrogens with one attached hydrogen (secondary N) is 2. The molecular weight excluding hydrogens is 434 g/mol. The molecule has 1 aromatic rings. The molecule has 10 heteroatoms. The number of benzene rings is 1. The zero-order chi connectivity index (χ0) is 23.5. The summed E-state index contributed by atoms with van der Waals surface area (Å²) in [4.78, 5) is 38.9. The second kappa shape index (κ2) is 13.0. The van der Waals surface area contributed by atoms with Crippen molar-refractivity contribution in [1.82, 2.24) is 15.5 Å². The number of amides is 2. The lowest BCUT2D eigenvalue weighted by molar-refractivity contribution is -0.148. The third-order valence-corrected chi connectivity index (χ3v) is 5.14. The first-order valence-corrected chi connectivity index (χ1v) is 11.0. The minimum atomic E-state index is -0.871. The Labute approximate surface area is 193 Å². The van der Waals surface area contributed by atoms with Gasteiger partial charge in [0.2, 0.25) is 5.91 Å². The average molecular weight is 466 g/mol. The summed E-state index contributed by atoms with van der Waals surface area (Å²) in [6.45, 7) is 5.74. The third kappa shape index (κ3) is 7.76. The summed E-state index contributed by atoms with van der Waals surface area (Å²) in [7, 11) is 1.50. The van der Waals surface area contributed by atoms with Gasteiger partial charge in [-0.05, 0) is 36.7 Å². The number of esters is 1. The zero-order valence-corrected chi connectivity index (χ0v) is 19.5. The molecule has 176 valence electrons. The molecule has 1 saturated heterocycles. The molecule has 0 spiro atoms. The van der Waals surface area contributed by atoms with E-state index in [1.165, 1.54) is 12.0 Å². The van der Waals surface area contributed by atoms with Crippen LogP contribution < -0.4 is 15.4 Å². The van der Waals surface area contributed by atoms with E-state index in [2.05, 4.69) is 24.5 Å². The van der Waals surface area contributed by atoms with Crippen LogP contribution in [-0.2, 0) is 19.1 Å². The minimum Gasteiger partial charge on any atom is -0.493 e. The number of thiocarbonyl (C=S) groups is 1. The SMILES string of the molecule is COCCOC(=O)CC1C(=O)NCCN1C(=S)NC(=O)c1ccccc1OCCC(C)C. The average Bonchev–Trinajstić information content (AvgIpc) is 2.75. The fourth-order valence-electron chi connectivity index (χ4n) is 3.04. The third-order valence-electron chi connectivity index (χ3n) is 4.81. The van der Waals surface area contributed by atoms with E-state index < -0.39 is 17.9 Å². The van der Waals surface area contributed by atoms with Crippen LogP contribution in [0.5, 0.6) is 5.75 Å². The normalized spacial score (nSPS) is 15.8. The molecule has 1 aromatic carbocycles. The Bertz CT molecular complexity index is 817. The highest BCUT2D eigenvalue weighted by atomic mass is 32.1. The van der Waals surface area contributed by atoms with Crippen molar-refractivity contribution >= 4 is 35.1 Å². The summed E-state index contributed by atoms with van der Waals surface area (Å²) < 4.78 is 15.7. The van der Waals surface area contributed by atoms with Gasteiger partial charge in [-0.25, -0.2) is 0 Å². The molecule has 0 aromatic heterocycles. The first-order valence-electron chi connectivity index (χ1n) is 10.6. The van der Waals surface area contributed by atoms with Gasteiger partial charge in [0.25, 0.3) is 5.91 Å². The number of methoxy groups -OCH3 is 1. The highest BCUT2D eigenvalue weighted by molar-refractivity contribution is 7.80. The van der Waals surface area contributed by atoms with Gasteiger partial charge in [-0.2, -0.15) is 0 Å². The molecule has 2 rings (SSSR count). The van der Waals surface area contributed by atoms with E-state index in [-0.39, 0.29) is 30.7 Å². The van der Waals surface area contributed by atoms with Crippen LogP contribution in [0.25, 0.3) is 0 Å². The van der Waals surface area contributed by atoms with Crippen LogP contribution in [-0.4, -0.2) is 73.9 Å². The Kier molecular flexibility index (Phi) is 10.4. The second-order valence-corrected chi connectivity index (χ2v) is 8.09. The number of para-hydroxylation sites is 1. The largest absolute Gasteiger partial charge is 0.493 e. The predicted octanol–water partition coefficient (Wildman–Crippen LogP) is 1.51. The van der Waals surface area contributed by atoms with E-state index in [1.54, 1.807) is 24.3 Å². The van der Waals surface area contributed by atoms with Crippen molar-refractivity contribution in [3.63, 3.8) is 0 Å². The Morgan fingerprint density at radius 1 is 1.25 bits per heavy atom. The van der Waals surface area contributed by atoms with Crippen LogP contribution in [0.4, 0.5) is 0 Å². The molecular formula is C22H31N3O6S. The van der Waals surface area contributed by atoms with Crippen molar-refractivity contribution in [2.24, 2.45) is 5.92 Å². The molecule has 1 aliphatic heterocycles. The molecule has 1 atom stereocenters. The van der Waals surface area contributed by atoms with E-state index >= 15 is 0 Å². The maximum absolute atomic E-state index is 12.9. The van der Waals surface area contributed by atoms with Gasteiger partial charge in [-0.3, -0.25) is 19.7 Å². The first kappa shape index (κ1) is 25.5. The predicted molar refractivity (Wildman–Crippen MR) is 122 cm³/mol. The van der Waals surface area contributed by atoms with E-state index in [1.807, 2.05) is 0 Å². The quantitative estimate of drug-likeness (QED) is 0.304. The number of carbonyl (C=O) groups excluding carboxylic acids is 3. The maximum Gasteiger partial charge on any atom is 0.308 e. The van der Waals surface area contributed by atoms with Crippen molar-refractivity contribution in [2.45, 2.75) is 32.7 Å². The van der Waals surface area contributed by atoms with E-state index in [4.69, 9.17) is 26.4 Å². The number of ether oxygens (including phenoxy) is 3. The summed E-state index contributed by atoms with van der Waals surface area (Å²) >= 11 is 5.41. The van der Waals surface area contributed by atoms with Crippen molar-refractivity contribution in [3.05, 3.63) is 29.8 Å². The van der Waals surface area contributed by atoms with Crippen LogP contribution in [0, 0.1) is 5.92 Å². The minimum absolute atomic E-state index is 0.0662. The number of carbonyl (C=O) groups is 3. The van der Waals surface area contributed by atoms with Gasteiger partial charge in [0.15, 0.2) is 5.11 Å². The van der Waals surface area contributed by atoms with Crippen LogP contribution in [0.2, 0.25) is 0 Å².